The Morgan fingerprint density at radius 3 is 1.39 bits per heavy atom. The molecule has 0 amide bonds. The van der Waals surface area contributed by atoms with Crippen LogP contribution in [0.5, 0.6) is 5.75 Å². The first-order valence-electron chi connectivity index (χ1n) is 6.79. The van der Waals surface area contributed by atoms with E-state index in [2.05, 4.69) is 56.9 Å². The van der Waals surface area contributed by atoms with Crippen LogP contribution in [0.1, 0.15) is 0 Å². The molecule has 0 spiro atoms. The zero-order chi connectivity index (χ0) is 14.6. The Balaban J connectivity index is 0.000000873. The lowest BCUT2D eigenvalue weighted by Crippen LogP contribution is -2.45. The Bertz CT molecular complexity index is 346. The standard InChI is InChI=1S/C12H21OSi2.2CH3.Al.H/c1-14(2,3)10-8-7-9-11(12(10)13)15(4,5)6;;;;/h8-9,13H,1-6H3;2*1H3;;. The van der Waals surface area contributed by atoms with E-state index in [9.17, 15) is 5.11 Å². The number of aromatic hydroxyl groups is 1. The van der Waals surface area contributed by atoms with Gasteiger partial charge in [-0.05, 0) is 16.4 Å². The summed E-state index contributed by atoms with van der Waals surface area (Å²) in [7, 11) is -2.89. The zero-order valence-electron chi connectivity index (χ0n) is 13.3. The summed E-state index contributed by atoms with van der Waals surface area (Å²) in [5, 5.41) is 12.6. The van der Waals surface area contributed by atoms with Gasteiger partial charge >= 0.3 is 0 Å². The molecule has 1 aromatic carbocycles. The molecule has 1 N–H and O–H groups in total. The van der Waals surface area contributed by atoms with Gasteiger partial charge in [0.15, 0.2) is 0 Å². The third kappa shape index (κ3) is 5.32. The third-order valence-electron chi connectivity index (χ3n) is 2.58. The molecule has 1 aromatic rings. The molecule has 0 saturated carbocycles. The van der Waals surface area contributed by atoms with Gasteiger partial charge in [-0.2, -0.15) is 0 Å². The fraction of sp³-hybridized carbons (Fsp3) is 0.571. The Labute approximate surface area is 121 Å². The highest BCUT2D eigenvalue weighted by Crippen LogP contribution is 2.15. The molecular formula is C14H28AlOSi2. The lowest BCUT2D eigenvalue weighted by Gasteiger charge is -2.24. The summed E-state index contributed by atoms with van der Waals surface area (Å²) in [6, 6.07) is 7.12. The molecule has 1 radical (unpaired) electrons. The molecule has 0 aromatic heterocycles. The first-order chi connectivity index (χ1) is 8.05. The van der Waals surface area contributed by atoms with E-state index in [-0.39, 0.29) is 0 Å². The topological polar surface area (TPSA) is 20.2 Å². The van der Waals surface area contributed by atoms with Gasteiger partial charge < -0.3 is 5.11 Å². The molecule has 1 rings (SSSR count). The van der Waals surface area contributed by atoms with Gasteiger partial charge in [0.25, 0.3) is 0 Å². The van der Waals surface area contributed by atoms with E-state index in [4.69, 9.17) is 0 Å². The second kappa shape index (κ2) is 6.95. The molecule has 0 aliphatic rings. The van der Waals surface area contributed by atoms with Crippen LogP contribution in [0.25, 0.3) is 0 Å². The van der Waals surface area contributed by atoms with Crippen LogP contribution in [0.2, 0.25) is 50.9 Å². The molecule has 0 atom stereocenters. The second-order valence-corrected chi connectivity index (χ2v) is 18.3. The SMILES string of the molecule is C[Si](C)(C)c1c[c]cc([Si](C)(C)C)c1O.[CH3][AlH][CH3]. The van der Waals surface area contributed by atoms with Crippen LogP contribution in [-0.4, -0.2) is 36.5 Å². The fourth-order valence-electron chi connectivity index (χ4n) is 1.63. The fourth-order valence-corrected chi connectivity index (χ4v) is 4.48. The van der Waals surface area contributed by atoms with Crippen LogP contribution in [0.3, 0.4) is 0 Å². The van der Waals surface area contributed by atoms with Crippen LogP contribution < -0.4 is 10.4 Å². The molecule has 0 aliphatic heterocycles. The Hall–Kier alpha value is -0.0138. The van der Waals surface area contributed by atoms with Crippen molar-refractivity contribution in [3.63, 3.8) is 0 Å². The monoisotopic (exact) mass is 295 g/mol. The minimum Gasteiger partial charge on any atom is -0.508 e. The van der Waals surface area contributed by atoms with Crippen molar-refractivity contribution in [3.05, 3.63) is 18.2 Å². The number of benzene rings is 1. The maximum absolute atomic E-state index is 10.3. The van der Waals surface area contributed by atoms with Crippen LogP contribution in [0.15, 0.2) is 12.1 Å². The average molecular weight is 296 g/mol. The van der Waals surface area contributed by atoms with Crippen molar-refractivity contribution >= 4 is 41.7 Å². The van der Waals surface area contributed by atoms with E-state index in [1.807, 2.05) is 12.1 Å². The maximum Gasteiger partial charge on any atom is 0.229 e. The lowest BCUT2D eigenvalue weighted by atomic mass is 10.3. The molecule has 0 bridgehead atoms. The van der Waals surface area contributed by atoms with Crippen LogP contribution >= 0.6 is 0 Å². The number of phenolic OH excluding ortho intramolecular Hbond substituents is 1. The first kappa shape index (κ1) is 18.0. The van der Waals surface area contributed by atoms with E-state index < -0.39 is 16.1 Å². The highest BCUT2D eigenvalue weighted by molar-refractivity contribution is 6.92. The van der Waals surface area contributed by atoms with E-state index in [0.717, 1.165) is 10.4 Å². The first-order valence-corrected chi connectivity index (χ1v) is 16.6. The third-order valence-corrected chi connectivity index (χ3v) is 6.58. The number of rotatable bonds is 2. The molecule has 0 heterocycles. The van der Waals surface area contributed by atoms with Crippen LogP contribution in [0, 0.1) is 6.07 Å². The van der Waals surface area contributed by atoms with Crippen molar-refractivity contribution in [2.24, 2.45) is 0 Å². The average Bonchev–Trinajstić information content (AvgIpc) is 2.15. The molecule has 0 aliphatic carbocycles. The van der Waals surface area contributed by atoms with Gasteiger partial charge in [0, 0.05) is 0 Å². The predicted octanol–water partition coefficient (Wildman–Crippen LogP) is 2.80. The van der Waals surface area contributed by atoms with Crippen molar-refractivity contribution in [1.29, 1.82) is 0 Å². The summed E-state index contributed by atoms with van der Waals surface area (Å²) in [5.41, 5.74) is 0. The van der Waals surface area contributed by atoms with E-state index in [1.165, 1.54) is 0 Å². The van der Waals surface area contributed by atoms with Gasteiger partial charge in [-0.15, -0.1) is 11.6 Å². The lowest BCUT2D eigenvalue weighted by molar-refractivity contribution is 0.483. The molecule has 101 valence electrons. The van der Waals surface area contributed by atoms with E-state index in [0.29, 0.717) is 21.0 Å². The molecule has 0 fully saturated rings. The predicted molar refractivity (Wildman–Crippen MR) is 91.8 cm³/mol. The molecular weight excluding hydrogens is 267 g/mol. The van der Waals surface area contributed by atoms with Crippen molar-refractivity contribution in [2.75, 3.05) is 0 Å². The van der Waals surface area contributed by atoms with Crippen molar-refractivity contribution in [2.45, 2.75) is 50.9 Å². The molecule has 18 heavy (non-hydrogen) atoms. The quantitative estimate of drug-likeness (QED) is 0.832. The highest BCUT2D eigenvalue weighted by atomic mass is 28.3. The van der Waals surface area contributed by atoms with Gasteiger partial charge in [-0.3, -0.25) is 0 Å². The Morgan fingerprint density at radius 2 is 1.17 bits per heavy atom. The Morgan fingerprint density at radius 1 is 0.889 bits per heavy atom. The van der Waals surface area contributed by atoms with Gasteiger partial charge in [0.2, 0.25) is 15.2 Å². The summed E-state index contributed by atoms with van der Waals surface area (Å²) in [6.07, 6.45) is 0. The zero-order valence-corrected chi connectivity index (χ0v) is 16.7. The van der Waals surface area contributed by atoms with Gasteiger partial charge in [-0.25, -0.2) is 0 Å². The summed E-state index contributed by atoms with van der Waals surface area (Å²) in [5.74, 6) is 5.08. The van der Waals surface area contributed by atoms with Crippen molar-refractivity contribution in [3.8, 4) is 5.75 Å². The number of hydrogen-bond acceptors (Lipinski definition) is 1. The van der Waals surface area contributed by atoms with Gasteiger partial charge in [0.1, 0.15) is 5.75 Å². The highest BCUT2D eigenvalue weighted by Gasteiger charge is 2.26. The normalized spacial score (nSPS) is 11.6. The maximum atomic E-state index is 10.3. The number of phenols is 1. The molecule has 0 saturated heterocycles. The minimum absolute atomic E-state index is 0.417. The smallest absolute Gasteiger partial charge is 0.229 e. The minimum atomic E-state index is -1.45. The number of hydrogen-bond donors (Lipinski definition) is 1. The van der Waals surface area contributed by atoms with Crippen LogP contribution in [0.4, 0.5) is 0 Å². The van der Waals surface area contributed by atoms with E-state index >= 15 is 0 Å². The summed E-state index contributed by atoms with van der Waals surface area (Å²) in [6.45, 7) is 13.5. The second-order valence-electron chi connectivity index (χ2n) is 6.84. The van der Waals surface area contributed by atoms with Crippen LogP contribution in [-0.2, 0) is 0 Å². The molecule has 1 nitrogen and oxygen atoms in total. The Kier molecular flexibility index (Phi) is 6.95. The summed E-state index contributed by atoms with van der Waals surface area (Å²) < 4.78 is 0. The van der Waals surface area contributed by atoms with Gasteiger partial charge in [0.05, 0.1) is 16.1 Å². The summed E-state index contributed by atoms with van der Waals surface area (Å²) in [4.78, 5) is 0. The van der Waals surface area contributed by atoms with Crippen molar-refractivity contribution in [1.82, 2.24) is 0 Å². The largest absolute Gasteiger partial charge is 0.508 e. The van der Waals surface area contributed by atoms with Gasteiger partial charge in [-0.1, -0.05) is 51.4 Å². The van der Waals surface area contributed by atoms with Crippen molar-refractivity contribution < 1.29 is 5.11 Å². The van der Waals surface area contributed by atoms with E-state index in [1.54, 1.807) is 0 Å². The molecule has 0 unspecified atom stereocenters. The summed E-state index contributed by atoms with van der Waals surface area (Å²) >= 11 is 0.417. The molecule has 4 heteroatoms.